The molecule has 0 spiro atoms. The Kier molecular flexibility index (Phi) is 4.39. The van der Waals surface area contributed by atoms with E-state index in [0.29, 0.717) is 6.04 Å². The van der Waals surface area contributed by atoms with E-state index in [9.17, 15) is 4.79 Å². The molecule has 1 aliphatic rings. The summed E-state index contributed by atoms with van der Waals surface area (Å²) in [5.74, 6) is 0.757. The van der Waals surface area contributed by atoms with Crippen molar-refractivity contribution in [1.82, 2.24) is 9.88 Å². The molecule has 1 saturated carbocycles. The van der Waals surface area contributed by atoms with Crippen LogP contribution in [0.1, 0.15) is 32.6 Å². The van der Waals surface area contributed by atoms with Gasteiger partial charge in [-0.1, -0.05) is 38.0 Å². The zero-order valence-corrected chi connectivity index (χ0v) is 12.7. The molecule has 112 valence electrons. The van der Waals surface area contributed by atoms with Crippen molar-refractivity contribution in [3.8, 4) is 0 Å². The Morgan fingerprint density at radius 2 is 2.00 bits per heavy atom. The minimum Gasteiger partial charge on any atom is -0.314 e. The van der Waals surface area contributed by atoms with Crippen LogP contribution in [0.25, 0.3) is 10.8 Å². The van der Waals surface area contributed by atoms with E-state index in [0.717, 1.165) is 29.8 Å². The van der Waals surface area contributed by atoms with Crippen molar-refractivity contribution in [3.05, 3.63) is 46.9 Å². The number of nitrogens with zero attached hydrogens (tertiary/aromatic N) is 1. The number of pyridine rings is 1. The van der Waals surface area contributed by atoms with E-state index >= 15 is 0 Å². The first-order valence-electron chi connectivity index (χ1n) is 8.07. The second-order valence-electron chi connectivity index (χ2n) is 6.22. The summed E-state index contributed by atoms with van der Waals surface area (Å²) in [7, 11) is 0. The van der Waals surface area contributed by atoms with Gasteiger partial charge in [-0.25, -0.2) is 0 Å². The van der Waals surface area contributed by atoms with E-state index in [2.05, 4.69) is 12.2 Å². The van der Waals surface area contributed by atoms with Crippen molar-refractivity contribution in [3.63, 3.8) is 0 Å². The Morgan fingerprint density at radius 1 is 1.19 bits per heavy atom. The molecule has 3 rings (SSSR count). The lowest BCUT2D eigenvalue weighted by molar-refractivity contribution is 0.278. The molecule has 3 nitrogen and oxygen atoms in total. The molecule has 1 fully saturated rings. The van der Waals surface area contributed by atoms with Crippen LogP contribution >= 0.6 is 0 Å². The molecule has 1 aromatic carbocycles. The normalized spacial score (nSPS) is 22.5. The first kappa shape index (κ1) is 14.3. The Balaban J connectivity index is 1.65. The second-order valence-corrected chi connectivity index (χ2v) is 6.22. The number of hydrogen-bond donors (Lipinski definition) is 1. The smallest absolute Gasteiger partial charge is 0.258 e. The van der Waals surface area contributed by atoms with Crippen LogP contribution in [0.5, 0.6) is 0 Å². The number of benzene rings is 1. The fourth-order valence-electron chi connectivity index (χ4n) is 3.40. The monoisotopic (exact) mass is 284 g/mol. The third-order valence-electron chi connectivity index (χ3n) is 4.76. The van der Waals surface area contributed by atoms with E-state index in [1.54, 1.807) is 0 Å². The summed E-state index contributed by atoms with van der Waals surface area (Å²) in [6, 6.07) is 10.4. The largest absolute Gasteiger partial charge is 0.314 e. The van der Waals surface area contributed by atoms with Gasteiger partial charge in [-0.3, -0.25) is 4.79 Å². The third kappa shape index (κ3) is 3.18. The van der Waals surface area contributed by atoms with Crippen LogP contribution in [0.2, 0.25) is 0 Å². The van der Waals surface area contributed by atoms with Crippen LogP contribution < -0.4 is 10.9 Å². The highest BCUT2D eigenvalue weighted by molar-refractivity contribution is 5.81. The van der Waals surface area contributed by atoms with Crippen molar-refractivity contribution in [1.29, 1.82) is 0 Å². The Morgan fingerprint density at radius 3 is 2.86 bits per heavy atom. The number of aromatic nitrogens is 1. The molecule has 2 atom stereocenters. The maximum Gasteiger partial charge on any atom is 0.258 e. The van der Waals surface area contributed by atoms with Crippen LogP contribution in [0.15, 0.2) is 41.3 Å². The molecule has 0 aliphatic heterocycles. The van der Waals surface area contributed by atoms with Crippen LogP contribution in [0, 0.1) is 5.92 Å². The molecule has 2 unspecified atom stereocenters. The van der Waals surface area contributed by atoms with Gasteiger partial charge in [0.25, 0.3) is 5.56 Å². The van der Waals surface area contributed by atoms with Crippen molar-refractivity contribution in [2.24, 2.45) is 5.92 Å². The molecule has 0 radical (unpaired) electrons. The maximum absolute atomic E-state index is 12.4. The summed E-state index contributed by atoms with van der Waals surface area (Å²) in [5, 5.41) is 5.47. The summed E-state index contributed by atoms with van der Waals surface area (Å²) in [4.78, 5) is 12.4. The summed E-state index contributed by atoms with van der Waals surface area (Å²) in [6.07, 6.45) is 7.21. The molecule has 0 bridgehead atoms. The average molecular weight is 284 g/mol. The molecular weight excluding hydrogens is 260 g/mol. The molecule has 0 amide bonds. The van der Waals surface area contributed by atoms with E-state index in [1.807, 2.05) is 41.1 Å². The summed E-state index contributed by atoms with van der Waals surface area (Å²) in [6.45, 7) is 3.94. The number of nitrogens with one attached hydrogen (secondary N) is 1. The lowest BCUT2D eigenvalue weighted by Gasteiger charge is -2.29. The van der Waals surface area contributed by atoms with Crippen LogP contribution in [0.4, 0.5) is 0 Å². The first-order chi connectivity index (χ1) is 10.3. The van der Waals surface area contributed by atoms with Gasteiger partial charge in [0.05, 0.1) is 0 Å². The van der Waals surface area contributed by atoms with E-state index in [1.165, 1.54) is 25.7 Å². The van der Waals surface area contributed by atoms with Gasteiger partial charge in [-0.2, -0.15) is 0 Å². The molecular formula is C18H24N2O. The van der Waals surface area contributed by atoms with Gasteiger partial charge >= 0.3 is 0 Å². The molecule has 1 heterocycles. The molecule has 1 N–H and O–H groups in total. The maximum atomic E-state index is 12.4. The van der Waals surface area contributed by atoms with E-state index in [-0.39, 0.29) is 5.56 Å². The minimum absolute atomic E-state index is 0.117. The average Bonchev–Trinajstić information content (AvgIpc) is 2.52. The van der Waals surface area contributed by atoms with Gasteiger partial charge in [0.2, 0.25) is 0 Å². The zero-order valence-electron chi connectivity index (χ0n) is 12.7. The van der Waals surface area contributed by atoms with Gasteiger partial charge < -0.3 is 9.88 Å². The Labute approximate surface area is 126 Å². The Hall–Kier alpha value is -1.61. The van der Waals surface area contributed by atoms with Crippen LogP contribution in [-0.4, -0.2) is 17.2 Å². The molecule has 1 aliphatic carbocycles. The third-order valence-corrected chi connectivity index (χ3v) is 4.76. The summed E-state index contributed by atoms with van der Waals surface area (Å²) < 4.78 is 1.82. The molecule has 21 heavy (non-hydrogen) atoms. The fraction of sp³-hybridized carbons (Fsp3) is 0.500. The van der Waals surface area contributed by atoms with Crippen molar-refractivity contribution >= 4 is 10.8 Å². The highest BCUT2D eigenvalue weighted by Gasteiger charge is 2.20. The van der Waals surface area contributed by atoms with Crippen molar-refractivity contribution < 1.29 is 0 Å². The lowest BCUT2D eigenvalue weighted by Crippen LogP contribution is -2.39. The quantitative estimate of drug-likeness (QED) is 0.935. The molecule has 2 aromatic rings. The predicted octanol–water partition coefficient (Wildman–Crippen LogP) is 3.17. The number of rotatable bonds is 4. The van der Waals surface area contributed by atoms with Crippen molar-refractivity contribution in [2.45, 2.75) is 45.2 Å². The SMILES string of the molecule is CC1CCCCC1NCCn1ccc2ccccc2c1=O. The second kappa shape index (κ2) is 6.44. The van der Waals surface area contributed by atoms with Gasteiger partial charge in [-0.05, 0) is 36.3 Å². The fourth-order valence-corrected chi connectivity index (χ4v) is 3.40. The van der Waals surface area contributed by atoms with Crippen LogP contribution in [-0.2, 0) is 6.54 Å². The minimum atomic E-state index is 0.117. The van der Waals surface area contributed by atoms with Gasteiger partial charge in [0.15, 0.2) is 0 Å². The Bertz CT molecular complexity index is 662. The van der Waals surface area contributed by atoms with Gasteiger partial charge in [0, 0.05) is 30.7 Å². The topological polar surface area (TPSA) is 34.0 Å². The molecule has 0 saturated heterocycles. The first-order valence-corrected chi connectivity index (χ1v) is 8.07. The predicted molar refractivity (Wildman–Crippen MR) is 87.6 cm³/mol. The standard InChI is InChI=1S/C18H24N2O/c1-14-6-2-5-9-17(14)19-11-13-20-12-10-15-7-3-4-8-16(15)18(20)21/h3-4,7-8,10,12,14,17,19H,2,5-6,9,11,13H2,1H3. The van der Waals surface area contributed by atoms with E-state index in [4.69, 9.17) is 0 Å². The highest BCUT2D eigenvalue weighted by atomic mass is 16.1. The van der Waals surface area contributed by atoms with E-state index < -0.39 is 0 Å². The zero-order chi connectivity index (χ0) is 14.7. The summed E-state index contributed by atoms with van der Waals surface area (Å²) >= 11 is 0. The molecule has 3 heteroatoms. The number of hydrogen-bond acceptors (Lipinski definition) is 2. The molecule has 1 aromatic heterocycles. The van der Waals surface area contributed by atoms with Crippen LogP contribution in [0.3, 0.4) is 0 Å². The van der Waals surface area contributed by atoms with Crippen molar-refractivity contribution in [2.75, 3.05) is 6.54 Å². The highest BCUT2D eigenvalue weighted by Crippen LogP contribution is 2.23. The van der Waals surface area contributed by atoms with Gasteiger partial charge in [-0.15, -0.1) is 0 Å². The van der Waals surface area contributed by atoms with Gasteiger partial charge in [0.1, 0.15) is 0 Å². The number of fused-ring (bicyclic) bond motifs is 1. The lowest BCUT2D eigenvalue weighted by atomic mass is 9.86. The summed E-state index contributed by atoms with van der Waals surface area (Å²) in [5.41, 5.74) is 0.117.